The molecule has 3 aromatic rings. The molecule has 1 heterocycles. The molecule has 0 bridgehead atoms. The van der Waals surface area contributed by atoms with Crippen LogP contribution in [0.1, 0.15) is 21.6 Å². The van der Waals surface area contributed by atoms with Gasteiger partial charge in [-0.25, -0.2) is 9.48 Å². The Morgan fingerprint density at radius 3 is 2.48 bits per heavy atom. The first-order valence-corrected chi connectivity index (χ1v) is 7.16. The van der Waals surface area contributed by atoms with Crippen molar-refractivity contribution in [1.82, 2.24) is 15.0 Å². The minimum absolute atomic E-state index is 0.227. The summed E-state index contributed by atoms with van der Waals surface area (Å²) < 4.78 is 1.69. The lowest BCUT2D eigenvalue weighted by Gasteiger charge is -2.10. The van der Waals surface area contributed by atoms with Crippen LogP contribution in [0.25, 0.3) is 16.9 Å². The fraction of sp³-hybridized carbons (Fsp3) is 0.118. The SMILES string of the molecule is Cc1ccccc1-c1c(CN)nnn1-c1ccc(C(=O)O)cc1. The summed E-state index contributed by atoms with van der Waals surface area (Å²) in [5.41, 5.74) is 10.4. The van der Waals surface area contributed by atoms with Gasteiger partial charge in [0.15, 0.2) is 0 Å². The molecule has 116 valence electrons. The highest BCUT2D eigenvalue weighted by molar-refractivity contribution is 5.87. The highest BCUT2D eigenvalue weighted by Crippen LogP contribution is 2.27. The molecule has 3 N–H and O–H groups in total. The Labute approximate surface area is 133 Å². The van der Waals surface area contributed by atoms with Crippen LogP contribution in [0, 0.1) is 6.92 Å². The van der Waals surface area contributed by atoms with Gasteiger partial charge in [-0.3, -0.25) is 0 Å². The summed E-state index contributed by atoms with van der Waals surface area (Å²) in [6, 6.07) is 14.4. The highest BCUT2D eigenvalue weighted by atomic mass is 16.4. The molecular weight excluding hydrogens is 292 g/mol. The molecule has 0 fully saturated rings. The number of aromatic carboxylic acids is 1. The van der Waals surface area contributed by atoms with Gasteiger partial charge in [0.25, 0.3) is 0 Å². The Morgan fingerprint density at radius 1 is 1.17 bits per heavy atom. The van der Waals surface area contributed by atoms with Crippen molar-refractivity contribution in [3.05, 3.63) is 65.4 Å². The average molecular weight is 308 g/mol. The predicted octanol–water partition coefficient (Wildman–Crippen LogP) is 2.40. The van der Waals surface area contributed by atoms with Gasteiger partial charge in [0, 0.05) is 12.1 Å². The van der Waals surface area contributed by atoms with Gasteiger partial charge < -0.3 is 10.8 Å². The molecule has 0 radical (unpaired) electrons. The van der Waals surface area contributed by atoms with Crippen LogP contribution in [0.15, 0.2) is 48.5 Å². The van der Waals surface area contributed by atoms with Crippen LogP contribution < -0.4 is 5.73 Å². The van der Waals surface area contributed by atoms with Gasteiger partial charge in [0.1, 0.15) is 5.69 Å². The van der Waals surface area contributed by atoms with Crippen LogP contribution in [0.3, 0.4) is 0 Å². The molecule has 0 aliphatic rings. The van der Waals surface area contributed by atoms with Crippen molar-refractivity contribution in [2.24, 2.45) is 5.73 Å². The number of nitrogens with two attached hydrogens (primary N) is 1. The number of nitrogens with zero attached hydrogens (tertiary/aromatic N) is 3. The van der Waals surface area contributed by atoms with Crippen LogP contribution in [-0.2, 0) is 6.54 Å². The van der Waals surface area contributed by atoms with Gasteiger partial charge in [0.05, 0.1) is 16.9 Å². The van der Waals surface area contributed by atoms with E-state index in [9.17, 15) is 4.79 Å². The smallest absolute Gasteiger partial charge is 0.335 e. The van der Waals surface area contributed by atoms with Gasteiger partial charge in [-0.1, -0.05) is 29.5 Å². The second-order valence-corrected chi connectivity index (χ2v) is 5.17. The molecule has 3 rings (SSSR count). The maximum Gasteiger partial charge on any atom is 0.335 e. The molecule has 0 atom stereocenters. The van der Waals surface area contributed by atoms with E-state index in [0.717, 1.165) is 22.5 Å². The molecular formula is C17H16N4O2. The molecule has 1 aromatic heterocycles. The number of rotatable bonds is 4. The molecule has 0 saturated heterocycles. The average Bonchev–Trinajstić information content (AvgIpc) is 2.99. The number of benzene rings is 2. The Hall–Kier alpha value is -2.99. The maximum atomic E-state index is 11.0. The summed E-state index contributed by atoms with van der Waals surface area (Å²) in [5, 5.41) is 17.4. The molecule has 0 aliphatic heterocycles. The third-order valence-corrected chi connectivity index (χ3v) is 3.69. The summed E-state index contributed by atoms with van der Waals surface area (Å²) in [6.45, 7) is 2.29. The Balaban J connectivity index is 2.16. The third kappa shape index (κ3) is 2.72. The lowest BCUT2D eigenvalue weighted by Crippen LogP contribution is -2.04. The molecule has 6 heteroatoms. The minimum atomic E-state index is -0.961. The minimum Gasteiger partial charge on any atom is -0.478 e. The van der Waals surface area contributed by atoms with Crippen molar-refractivity contribution >= 4 is 5.97 Å². The van der Waals surface area contributed by atoms with E-state index in [1.165, 1.54) is 0 Å². The zero-order valence-electron chi connectivity index (χ0n) is 12.6. The second kappa shape index (κ2) is 6.02. The van der Waals surface area contributed by atoms with E-state index >= 15 is 0 Å². The van der Waals surface area contributed by atoms with Crippen molar-refractivity contribution < 1.29 is 9.90 Å². The van der Waals surface area contributed by atoms with E-state index in [-0.39, 0.29) is 12.1 Å². The second-order valence-electron chi connectivity index (χ2n) is 5.17. The third-order valence-electron chi connectivity index (χ3n) is 3.69. The quantitative estimate of drug-likeness (QED) is 0.772. The standard InChI is InChI=1S/C17H16N4O2/c1-11-4-2-3-5-14(11)16-15(10-18)19-20-21(16)13-8-6-12(7-9-13)17(22)23/h2-9H,10,18H2,1H3,(H,22,23). The molecule has 0 saturated carbocycles. The number of carboxylic acids is 1. The van der Waals surface area contributed by atoms with Crippen LogP contribution in [-0.4, -0.2) is 26.1 Å². The number of aryl methyl sites for hydroxylation is 1. The van der Waals surface area contributed by atoms with E-state index in [0.29, 0.717) is 5.69 Å². The monoisotopic (exact) mass is 308 g/mol. The van der Waals surface area contributed by atoms with Crippen molar-refractivity contribution in [2.45, 2.75) is 13.5 Å². The molecule has 0 unspecified atom stereocenters. The summed E-state index contributed by atoms with van der Waals surface area (Å²) in [6.07, 6.45) is 0. The molecule has 0 aliphatic carbocycles. The fourth-order valence-electron chi connectivity index (χ4n) is 2.48. The number of carboxylic acid groups (broad SMARTS) is 1. The van der Waals surface area contributed by atoms with E-state index in [1.54, 1.807) is 28.9 Å². The van der Waals surface area contributed by atoms with E-state index < -0.39 is 5.97 Å². The van der Waals surface area contributed by atoms with Gasteiger partial charge in [-0.15, -0.1) is 5.10 Å². The van der Waals surface area contributed by atoms with Crippen LogP contribution in [0.2, 0.25) is 0 Å². The van der Waals surface area contributed by atoms with Gasteiger partial charge in [0.2, 0.25) is 0 Å². The van der Waals surface area contributed by atoms with E-state index in [2.05, 4.69) is 10.3 Å². The van der Waals surface area contributed by atoms with Crippen LogP contribution >= 0.6 is 0 Å². The van der Waals surface area contributed by atoms with Crippen molar-refractivity contribution in [3.63, 3.8) is 0 Å². The lowest BCUT2D eigenvalue weighted by molar-refractivity contribution is 0.0697. The first-order valence-electron chi connectivity index (χ1n) is 7.16. The lowest BCUT2D eigenvalue weighted by atomic mass is 10.0. The van der Waals surface area contributed by atoms with Crippen molar-refractivity contribution in [1.29, 1.82) is 0 Å². The Kier molecular flexibility index (Phi) is 3.91. The Morgan fingerprint density at radius 2 is 1.87 bits per heavy atom. The van der Waals surface area contributed by atoms with Crippen molar-refractivity contribution in [3.8, 4) is 16.9 Å². The summed E-state index contributed by atoms with van der Waals surface area (Å²) in [7, 11) is 0. The number of carbonyl (C=O) groups is 1. The van der Waals surface area contributed by atoms with Gasteiger partial charge in [-0.2, -0.15) is 0 Å². The maximum absolute atomic E-state index is 11.0. The predicted molar refractivity (Wildman–Crippen MR) is 86.4 cm³/mol. The first kappa shape index (κ1) is 14.9. The van der Waals surface area contributed by atoms with E-state index in [1.807, 2.05) is 31.2 Å². The molecule has 23 heavy (non-hydrogen) atoms. The largest absolute Gasteiger partial charge is 0.478 e. The van der Waals surface area contributed by atoms with Gasteiger partial charge >= 0.3 is 5.97 Å². The molecule has 0 spiro atoms. The topological polar surface area (TPSA) is 94.0 Å². The zero-order chi connectivity index (χ0) is 16.4. The normalized spacial score (nSPS) is 10.7. The molecule has 2 aromatic carbocycles. The van der Waals surface area contributed by atoms with Crippen LogP contribution in [0.5, 0.6) is 0 Å². The molecule has 6 nitrogen and oxygen atoms in total. The number of hydrogen-bond donors (Lipinski definition) is 2. The van der Waals surface area contributed by atoms with Gasteiger partial charge in [-0.05, 0) is 36.8 Å². The number of aromatic nitrogens is 3. The molecule has 0 amide bonds. The highest BCUT2D eigenvalue weighted by Gasteiger charge is 2.17. The summed E-state index contributed by atoms with van der Waals surface area (Å²) >= 11 is 0. The number of hydrogen-bond acceptors (Lipinski definition) is 4. The van der Waals surface area contributed by atoms with E-state index in [4.69, 9.17) is 10.8 Å². The summed E-state index contributed by atoms with van der Waals surface area (Å²) in [4.78, 5) is 11.0. The van der Waals surface area contributed by atoms with Crippen molar-refractivity contribution in [2.75, 3.05) is 0 Å². The fourth-order valence-corrected chi connectivity index (χ4v) is 2.48. The first-order chi connectivity index (χ1) is 11.1. The van der Waals surface area contributed by atoms with Crippen LogP contribution in [0.4, 0.5) is 0 Å². The Bertz CT molecular complexity index is 853. The zero-order valence-corrected chi connectivity index (χ0v) is 12.6. The summed E-state index contributed by atoms with van der Waals surface area (Å²) in [5.74, 6) is -0.961.